The van der Waals surface area contributed by atoms with Crippen molar-refractivity contribution in [1.29, 1.82) is 0 Å². The molecule has 0 saturated carbocycles. The zero-order valence-corrected chi connectivity index (χ0v) is 11.9. The highest BCUT2D eigenvalue weighted by Gasteiger charge is 2.22. The number of methoxy groups -OCH3 is 2. The van der Waals surface area contributed by atoms with E-state index in [1.165, 1.54) is 0 Å². The maximum atomic E-state index is 5.84. The SMILES string of the molecule is COc1c(C(CN)NCC(C)OC)c(C)nn1C. The summed E-state index contributed by atoms with van der Waals surface area (Å²) in [6.45, 7) is 5.19. The molecule has 0 aliphatic heterocycles. The van der Waals surface area contributed by atoms with Gasteiger partial charge in [-0.15, -0.1) is 0 Å². The Hall–Kier alpha value is -1.11. The highest BCUT2D eigenvalue weighted by Crippen LogP contribution is 2.27. The fraction of sp³-hybridized carbons (Fsp3) is 0.750. The molecule has 0 amide bonds. The van der Waals surface area contributed by atoms with Gasteiger partial charge < -0.3 is 20.5 Å². The molecule has 0 aliphatic carbocycles. The van der Waals surface area contributed by atoms with E-state index < -0.39 is 0 Å². The number of aromatic nitrogens is 2. The first kappa shape index (κ1) is 14.9. The molecule has 18 heavy (non-hydrogen) atoms. The molecule has 0 aliphatic rings. The first-order valence-electron chi connectivity index (χ1n) is 6.08. The average Bonchev–Trinajstić information content (AvgIpc) is 2.64. The predicted molar refractivity (Wildman–Crippen MR) is 70.8 cm³/mol. The van der Waals surface area contributed by atoms with E-state index in [2.05, 4.69) is 10.4 Å². The summed E-state index contributed by atoms with van der Waals surface area (Å²) in [5.74, 6) is 0.750. The molecule has 6 heteroatoms. The summed E-state index contributed by atoms with van der Waals surface area (Å²) < 4.78 is 12.3. The third kappa shape index (κ3) is 3.22. The van der Waals surface area contributed by atoms with Crippen molar-refractivity contribution in [3.8, 4) is 5.88 Å². The molecule has 1 heterocycles. The van der Waals surface area contributed by atoms with Crippen LogP contribution in [0.15, 0.2) is 0 Å². The van der Waals surface area contributed by atoms with Crippen LogP contribution in [-0.2, 0) is 11.8 Å². The first-order chi connectivity index (χ1) is 8.54. The van der Waals surface area contributed by atoms with Crippen LogP contribution in [0.3, 0.4) is 0 Å². The van der Waals surface area contributed by atoms with E-state index in [0.717, 1.165) is 23.7 Å². The van der Waals surface area contributed by atoms with Crippen LogP contribution in [0.25, 0.3) is 0 Å². The lowest BCUT2D eigenvalue weighted by molar-refractivity contribution is 0.114. The number of nitrogens with two attached hydrogens (primary N) is 1. The number of nitrogens with zero attached hydrogens (tertiary/aromatic N) is 2. The number of hydrogen-bond acceptors (Lipinski definition) is 5. The summed E-state index contributed by atoms with van der Waals surface area (Å²) in [6.07, 6.45) is 0.141. The number of aryl methyl sites for hydroxylation is 2. The normalized spacial score (nSPS) is 14.6. The minimum Gasteiger partial charge on any atom is -0.481 e. The second kappa shape index (κ2) is 6.72. The Morgan fingerprint density at radius 1 is 1.44 bits per heavy atom. The number of ether oxygens (including phenoxy) is 2. The molecule has 0 bridgehead atoms. The zero-order chi connectivity index (χ0) is 13.7. The lowest BCUT2D eigenvalue weighted by atomic mass is 10.1. The summed E-state index contributed by atoms with van der Waals surface area (Å²) in [5.41, 5.74) is 7.79. The van der Waals surface area contributed by atoms with E-state index in [9.17, 15) is 0 Å². The van der Waals surface area contributed by atoms with Crippen molar-refractivity contribution in [1.82, 2.24) is 15.1 Å². The summed E-state index contributed by atoms with van der Waals surface area (Å²) in [6, 6.07) is 0.0197. The monoisotopic (exact) mass is 256 g/mol. The maximum Gasteiger partial charge on any atom is 0.216 e. The number of rotatable bonds is 7. The molecule has 0 fully saturated rings. The minimum absolute atomic E-state index is 0.0197. The van der Waals surface area contributed by atoms with Crippen molar-refractivity contribution in [2.45, 2.75) is 26.0 Å². The van der Waals surface area contributed by atoms with Crippen LogP contribution in [0.2, 0.25) is 0 Å². The van der Waals surface area contributed by atoms with Gasteiger partial charge in [0.25, 0.3) is 0 Å². The Morgan fingerprint density at radius 3 is 2.61 bits per heavy atom. The van der Waals surface area contributed by atoms with Gasteiger partial charge in [-0.1, -0.05) is 0 Å². The molecule has 0 aromatic carbocycles. The van der Waals surface area contributed by atoms with E-state index >= 15 is 0 Å². The third-order valence-corrected chi connectivity index (χ3v) is 3.05. The maximum absolute atomic E-state index is 5.84. The highest BCUT2D eigenvalue weighted by molar-refractivity contribution is 5.34. The largest absolute Gasteiger partial charge is 0.481 e. The molecular formula is C12H24N4O2. The van der Waals surface area contributed by atoms with Gasteiger partial charge in [0.15, 0.2) is 0 Å². The quantitative estimate of drug-likeness (QED) is 0.737. The third-order valence-electron chi connectivity index (χ3n) is 3.05. The van der Waals surface area contributed by atoms with Gasteiger partial charge in [0, 0.05) is 27.2 Å². The molecule has 0 spiro atoms. The Balaban J connectivity index is 2.87. The van der Waals surface area contributed by atoms with Gasteiger partial charge in [-0.25, -0.2) is 4.68 Å². The summed E-state index contributed by atoms with van der Waals surface area (Å²) in [5, 5.41) is 7.74. The summed E-state index contributed by atoms with van der Waals surface area (Å²) in [4.78, 5) is 0. The van der Waals surface area contributed by atoms with Gasteiger partial charge in [0.2, 0.25) is 5.88 Å². The van der Waals surface area contributed by atoms with E-state index in [0.29, 0.717) is 6.54 Å². The van der Waals surface area contributed by atoms with Crippen molar-refractivity contribution in [2.75, 3.05) is 27.3 Å². The lowest BCUT2D eigenvalue weighted by Gasteiger charge is -2.20. The molecular weight excluding hydrogens is 232 g/mol. The topological polar surface area (TPSA) is 74.3 Å². The molecule has 3 N–H and O–H groups in total. The van der Waals surface area contributed by atoms with Crippen LogP contribution < -0.4 is 15.8 Å². The van der Waals surface area contributed by atoms with E-state index in [4.69, 9.17) is 15.2 Å². The van der Waals surface area contributed by atoms with Crippen LogP contribution >= 0.6 is 0 Å². The van der Waals surface area contributed by atoms with Gasteiger partial charge in [0.1, 0.15) is 0 Å². The van der Waals surface area contributed by atoms with Crippen molar-refractivity contribution >= 4 is 0 Å². The molecule has 0 radical (unpaired) electrons. The Morgan fingerprint density at radius 2 is 2.11 bits per heavy atom. The summed E-state index contributed by atoms with van der Waals surface area (Å²) in [7, 11) is 5.20. The van der Waals surface area contributed by atoms with Crippen LogP contribution in [0, 0.1) is 6.92 Å². The van der Waals surface area contributed by atoms with E-state index in [-0.39, 0.29) is 12.1 Å². The molecule has 104 valence electrons. The average molecular weight is 256 g/mol. The van der Waals surface area contributed by atoms with Crippen LogP contribution in [0.1, 0.15) is 24.2 Å². The van der Waals surface area contributed by atoms with Crippen LogP contribution in [-0.4, -0.2) is 43.2 Å². The Bertz CT molecular complexity index is 378. The van der Waals surface area contributed by atoms with Gasteiger partial charge in [-0.05, 0) is 13.8 Å². The summed E-state index contributed by atoms with van der Waals surface area (Å²) >= 11 is 0. The predicted octanol–water partition coefficient (Wildman–Crippen LogP) is 0.361. The second-order valence-corrected chi connectivity index (χ2v) is 4.37. The van der Waals surface area contributed by atoms with Crippen molar-refractivity contribution in [3.05, 3.63) is 11.3 Å². The highest BCUT2D eigenvalue weighted by atomic mass is 16.5. The molecule has 1 aromatic rings. The first-order valence-corrected chi connectivity index (χ1v) is 6.08. The fourth-order valence-electron chi connectivity index (χ4n) is 1.99. The molecule has 6 nitrogen and oxygen atoms in total. The van der Waals surface area contributed by atoms with Gasteiger partial charge in [-0.2, -0.15) is 5.10 Å². The Labute approximate surface area is 108 Å². The van der Waals surface area contributed by atoms with Crippen molar-refractivity contribution in [2.24, 2.45) is 12.8 Å². The number of hydrogen-bond donors (Lipinski definition) is 2. The lowest BCUT2D eigenvalue weighted by Crippen LogP contribution is -2.34. The molecule has 2 atom stereocenters. The van der Waals surface area contributed by atoms with Crippen molar-refractivity contribution < 1.29 is 9.47 Å². The smallest absolute Gasteiger partial charge is 0.216 e. The number of nitrogens with one attached hydrogen (secondary N) is 1. The van der Waals surface area contributed by atoms with Gasteiger partial charge in [0.05, 0.1) is 30.5 Å². The van der Waals surface area contributed by atoms with E-state index in [1.807, 2.05) is 20.9 Å². The van der Waals surface area contributed by atoms with Crippen LogP contribution in [0.4, 0.5) is 0 Å². The second-order valence-electron chi connectivity index (χ2n) is 4.37. The Kier molecular flexibility index (Phi) is 5.58. The van der Waals surface area contributed by atoms with Gasteiger partial charge in [-0.3, -0.25) is 0 Å². The van der Waals surface area contributed by atoms with E-state index in [1.54, 1.807) is 18.9 Å². The van der Waals surface area contributed by atoms with Crippen LogP contribution in [0.5, 0.6) is 5.88 Å². The zero-order valence-electron chi connectivity index (χ0n) is 11.9. The van der Waals surface area contributed by atoms with Gasteiger partial charge >= 0.3 is 0 Å². The van der Waals surface area contributed by atoms with Crippen molar-refractivity contribution in [3.63, 3.8) is 0 Å². The minimum atomic E-state index is 0.0197. The molecule has 2 unspecified atom stereocenters. The standard InChI is InChI=1S/C12H24N4O2/c1-8(17-4)7-14-10(6-13)11-9(2)15-16(3)12(11)18-5/h8,10,14H,6-7,13H2,1-5H3. The molecule has 1 rings (SSSR count). The fourth-order valence-corrected chi connectivity index (χ4v) is 1.99. The molecule has 1 aromatic heterocycles. The molecule has 0 saturated heterocycles.